The van der Waals surface area contributed by atoms with E-state index in [-0.39, 0.29) is 0 Å². The van der Waals surface area contributed by atoms with Gasteiger partial charge in [0.2, 0.25) is 0 Å². The zero-order valence-electron chi connectivity index (χ0n) is 15.1. The molecule has 1 aromatic heterocycles. The molecule has 28 heavy (non-hydrogen) atoms. The van der Waals surface area contributed by atoms with Gasteiger partial charge in [0.25, 0.3) is 0 Å². The third-order valence-electron chi connectivity index (χ3n) is 3.49. The van der Waals surface area contributed by atoms with Gasteiger partial charge in [0, 0.05) is 4.47 Å². The van der Waals surface area contributed by atoms with Crippen molar-refractivity contribution < 1.29 is 14.2 Å². The fourth-order valence-corrected chi connectivity index (χ4v) is 3.13. The molecule has 0 saturated heterocycles. The maximum absolute atomic E-state index is 5.90. The number of rotatable bonds is 9. The van der Waals surface area contributed by atoms with Crippen molar-refractivity contribution in [2.24, 2.45) is 5.10 Å². The standard InChI is InChI=1S/C19H18Br2N4O3/c1-2-26-18-10-14(11-24-25-12-22-23-13-25)9-17(21)19(18)28-8-7-27-16-5-3-15(20)4-6-16/h3-6,9-13H,2,7-8H2,1H3. The Kier molecular flexibility index (Phi) is 7.44. The molecular weight excluding hydrogens is 492 g/mol. The minimum atomic E-state index is 0.378. The van der Waals surface area contributed by atoms with Gasteiger partial charge in [0.1, 0.15) is 31.6 Å². The minimum Gasteiger partial charge on any atom is -0.490 e. The minimum absolute atomic E-state index is 0.378. The summed E-state index contributed by atoms with van der Waals surface area (Å²) in [6, 6.07) is 11.4. The van der Waals surface area contributed by atoms with Gasteiger partial charge in [-0.25, -0.2) is 4.68 Å². The highest BCUT2D eigenvalue weighted by Gasteiger charge is 2.12. The van der Waals surface area contributed by atoms with Crippen LogP contribution in [-0.2, 0) is 0 Å². The topological polar surface area (TPSA) is 70.8 Å². The predicted octanol–water partition coefficient (Wildman–Crippen LogP) is 4.54. The monoisotopic (exact) mass is 508 g/mol. The molecule has 0 saturated carbocycles. The number of benzene rings is 2. The number of nitrogens with zero attached hydrogens (tertiary/aromatic N) is 4. The summed E-state index contributed by atoms with van der Waals surface area (Å²) in [5.74, 6) is 2.05. The quantitative estimate of drug-likeness (QED) is 0.313. The van der Waals surface area contributed by atoms with Gasteiger partial charge < -0.3 is 14.2 Å². The van der Waals surface area contributed by atoms with Crippen molar-refractivity contribution in [1.29, 1.82) is 0 Å². The van der Waals surface area contributed by atoms with E-state index in [1.54, 1.807) is 6.21 Å². The third-order valence-corrected chi connectivity index (χ3v) is 4.61. The van der Waals surface area contributed by atoms with Crippen LogP contribution in [0.1, 0.15) is 12.5 Å². The van der Waals surface area contributed by atoms with E-state index in [1.807, 2.05) is 43.3 Å². The second kappa shape index (κ2) is 10.2. The van der Waals surface area contributed by atoms with Gasteiger partial charge >= 0.3 is 0 Å². The Morgan fingerprint density at radius 3 is 2.43 bits per heavy atom. The Labute approximate surface area is 179 Å². The first kappa shape index (κ1) is 20.3. The third kappa shape index (κ3) is 5.80. The Hall–Kier alpha value is -2.39. The molecular formula is C19H18Br2N4O3. The van der Waals surface area contributed by atoms with Crippen molar-refractivity contribution in [2.75, 3.05) is 19.8 Å². The number of aromatic nitrogens is 3. The van der Waals surface area contributed by atoms with Gasteiger partial charge in [-0.15, -0.1) is 10.2 Å². The molecule has 0 radical (unpaired) electrons. The van der Waals surface area contributed by atoms with E-state index in [1.165, 1.54) is 17.3 Å². The van der Waals surface area contributed by atoms with E-state index in [0.29, 0.717) is 31.3 Å². The number of ether oxygens (including phenoxy) is 3. The average molecular weight is 510 g/mol. The van der Waals surface area contributed by atoms with Crippen LogP contribution in [0.2, 0.25) is 0 Å². The Morgan fingerprint density at radius 1 is 1.00 bits per heavy atom. The lowest BCUT2D eigenvalue weighted by Gasteiger charge is -2.15. The van der Waals surface area contributed by atoms with Crippen LogP contribution in [0.25, 0.3) is 0 Å². The highest BCUT2D eigenvalue weighted by atomic mass is 79.9. The van der Waals surface area contributed by atoms with Crippen LogP contribution in [0.3, 0.4) is 0 Å². The molecule has 0 aliphatic heterocycles. The van der Waals surface area contributed by atoms with Crippen molar-refractivity contribution in [3.8, 4) is 17.2 Å². The predicted molar refractivity (Wildman–Crippen MR) is 113 cm³/mol. The second-order valence-electron chi connectivity index (χ2n) is 5.50. The van der Waals surface area contributed by atoms with Crippen LogP contribution in [0.5, 0.6) is 17.2 Å². The molecule has 0 fully saturated rings. The molecule has 3 rings (SSSR count). The molecule has 0 unspecified atom stereocenters. The van der Waals surface area contributed by atoms with Crippen molar-refractivity contribution >= 4 is 38.1 Å². The Balaban J connectivity index is 1.64. The summed E-state index contributed by atoms with van der Waals surface area (Å²) < 4.78 is 20.6. The summed E-state index contributed by atoms with van der Waals surface area (Å²) in [6.07, 6.45) is 4.72. The lowest BCUT2D eigenvalue weighted by Crippen LogP contribution is -2.10. The average Bonchev–Trinajstić information content (AvgIpc) is 3.20. The van der Waals surface area contributed by atoms with Crippen molar-refractivity contribution in [1.82, 2.24) is 14.9 Å². The molecule has 7 nitrogen and oxygen atoms in total. The number of hydrogen-bond donors (Lipinski definition) is 0. The van der Waals surface area contributed by atoms with E-state index in [0.717, 1.165) is 20.3 Å². The summed E-state index contributed by atoms with van der Waals surface area (Å²) in [5, 5.41) is 11.7. The first-order chi connectivity index (χ1) is 13.7. The van der Waals surface area contributed by atoms with Gasteiger partial charge in [-0.1, -0.05) is 15.9 Å². The Bertz CT molecular complexity index is 916. The zero-order valence-corrected chi connectivity index (χ0v) is 18.3. The molecule has 3 aromatic rings. The Morgan fingerprint density at radius 2 is 1.71 bits per heavy atom. The van der Waals surface area contributed by atoms with Crippen LogP contribution in [-0.4, -0.2) is 40.9 Å². The fourth-order valence-electron chi connectivity index (χ4n) is 2.29. The van der Waals surface area contributed by atoms with Gasteiger partial charge in [-0.3, -0.25) is 0 Å². The molecule has 1 heterocycles. The maximum Gasteiger partial charge on any atom is 0.175 e. The molecule has 2 aromatic carbocycles. The van der Waals surface area contributed by atoms with Crippen LogP contribution < -0.4 is 14.2 Å². The number of hydrogen-bond acceptors (Lipinski definition) is 6. The summed E-state index contributed by atoms with van der Waals surface area (Å²) in [6.45, 7) is 3.23. The van der Waals surface area contributed by atoms with Gasteiger partial charge in [0.15, 0.2) is 11.5 Å². The molecule has 146 valence electrons. The normalized spacial score (nSPS) is 11.0. The maximum atomic E-state index is 5.90. The first-order valence-electron chi connectivity index (χ1n) is 8.52. The van der Waals surface area contributed by atoms with Gasteiger partial charge in [-0.2, -0.15) is 5.10 Å². The van der Waals surface area contributed by atoms with Crippen LogP contribution in [0.15, 0.2) is 63.1 Å². The van der Waals surface area contributed by atoms with Gasteiger partial charge in [-0.05, 0) is 64.8 Å². The molecule has 9 heteroatoms. The SMILES string of the molecule is CCOc1cc(C=Nn2cnnc2)cc(Br)c1OCCOc1ccc(Br)cc1. The number of halogens is 2. The van der Waals surface area contributed by atoms with Crippen LogP contribution in [0, 0.1) is 0 Å². The molecule has 0 bridgehead atoms. The molecule has 0 spiro atoms. The van der Waals surface area contributed by atoms with E-state index < -0.39 is 0 Å². The van der Waals surface area contributed by atoms with Crippen molar-refractivity contribution in [2.45, 2.75) is 6.92 Å². The van der Waals surface area contributed by atoms with Crippen molar-refractivity contribution in [3.05, 3.63) is 63.6 Å². The van der Waals surface area contributed by atoms with E-state index in [9.17, 15) is 0 Å². The van der Waals surface area contributed by atoms with E-state index >= 15 is 0 Å². The van der Waals surface area contributed by atoms with Gasteiger partial charge in [0.05, 0.1) is 17.3 Å². The van der Waals surface area contributed by atoms with E-state index in [2.05, 4.69) is 47.2 Å². The highest BCUT2D eigenvalue weighted by molar-refractivity contribution is 9.10. The van der Waals surface area contributed by atoms with Crippen LogP contribution in [0.4, 0.5) is 0 Å². The fraction of sp³-hybridized carbons (Fsp3) is 0.211. The summed E-state index contributed by atoms with van der Waals surface area (Å²) in [5.41, 5.74) is 0.850. The molecule has 0 aliphatic rings. The summed E-state index contributed by atoms with van der Waals surface area (Å²) >= 11 is 6.95. The lowest BCUT2D eigenvalue weighted by atomic mass is 10.2. The smallest absolute Gasteiger partial charge is 0.175 e. The highest BCUT2D eigenvalue weighted by Crippen LogP contribution is 2.36. The zero-order chi connectivity index (χ0) is 19.8. The first-order valence-corrected chi connectivity index (χ1v) is 10.1. The van der Waals surface area contributed by atoms with E-state index in [4.69, 9.17) is 14.2 Å². The molecule has 0 atom stereocenters. The molecule has 0 aliphatic carbocycles. The summed E-state index contributed by atoms with van der Waals surface area (Å²) in [4.78, 5) is 0. The summed E-state index contributed by atoms with van der Waals surface area (Å²) in [7, 11) is 0. The van der Waals surface area contributed by atoms with Crippen LogP contribution >= 0.6 is 31.9 Å². The lowest BCUT2D eigenvalue weighted by molar-refractivity contribution is 0.207. The molecule has 0 N–H and O–H groups in total. The largest absolute Gasteiger partial charge is 0.490 e. The van der Waals surface area contributed by atoms with Crippen molar-refractivity contribution in [3.63, 3.8) is 0 Å². The molecule has 0 amide bonds. The second-order valence-corrected chi connectivity index (χ2v) is 7.27.